The Labute approximate surface area is 189 Å². The molecule has 0 aromatic heterocycles. The van der Waals surface area contributed by atoms with Crippen LogP contribution in [0.2, 0.25) is 0 Å². The molecule has 1 heterocycles. The Bertz CT molecular complexity index is 1240. The van der Waals surface area contributed by atoms with Gasteiger partial charge in [-0.25, -0.2) is 8.42 Å². The Hall–Kier alpha value is -3.25. The quantitative estimate of drug-likeness (QED) is 0.476. The largest absolute Gasteiger partial charge is 0.494 e. The zero-order valence-corrected chi connectivity index (χ0v) is 18.7. The second kappa shape index (κ2) is 8.36. The predicted octanol–water partition coefficient (Wildman–Crippen LogP) is 5.71. The first-order valence-electron chi connectivity index (χ1n) is 10.9. The van der Waals surface area contributed by atoms with Gasteiger partial charge >= 0.3 is 0 Å². The molecule has 1 aliphatic carbocycles. The molecule has 0 fully saturated rings. The molecule has 164 valence electrons. The van der Waals surface area contributed by atoms with Gasteiger partial charge in [0, 0.05) is 17.3 Å². The lowest BCUT2D eigenvalue weighted by Gasteiger charge is -2.37. The van der Waals surface area contributed by atoms with Crippen LogP contribution in [0.5, 0.6) is 5.75 Å². The van der Waals surface area contributed by atoms with E-state index in [1.165, 1.54) is 5.56 Å². The van der Waals surface area contributed by atoms with E-state index in [2.05, 4.69) is 34.3 Å². The molecular weight excluding hydrogens is 420 g/mol. The van der Waals surface area contributed by atoms with E-state index >= 15 is 0 Å². The standard InChI is InChI=1S/C26H26N2O3S/c1-2-31-20-13-11-18(12-14-20)26-23-10-6-9-22(23)24-17-21(15-16-25(24)27-26)32(29,30)28-19-7-4-3-5-8-19/h3-9,11-17,22-23,26-28H,2,10H2,1H3/t22-,23+,26+/m0/s1. The van der Waals surface area contributed by atoms with Crippen molar-refractivity contribution in [1.29, 1.82) is 0 Å². The Morgan fingerprint density at radius 3 is 2.56 bits per heavy atom. The Balaban J connectivity index is 1.45. The van der Waals surface area contributed by atoms with Crippen molar-refractivity contribution in [3.05, 3.63) is 96.1 Å². The van der Waals surface area contributed by atoms with Gasteiger partial charge in [0.05, 0.1) is 17.5 Å². The number of rotatable bonds is 6. The predicted molar refractivity (Wildman–Crippen MR) is 128 cm³/mol. The van der Waals surface area contributed by atoms with Gasteiger partial charge in [-0.2, -0.15) is 0 Å². The van der Waals surface area contributed by atoms with Crippen molar-refractivity contribution < 1.29 is 13.2 Å². The second-order valence-electron chi connectivity index (χ2n) is 8.20. The zero-order valence-electron chi connectivity index (χ0n) is 17.9. The van der Waals surface area contributed by atoms with Crippen molar-refractivity contribution >= 4 is 21.4 Å². The Morgan fingerprint density at radius 1 is 1.03 bits per heavy atom. The van der Waals surface area contributed by atoms with Crippen molar-refractivity contribution in [3.8, 4) is 5.75 Å². The van der Waals surface area contributed by atoms with Gasteiger partial charge in [0.25, 0.3) is 10.0 Å². The monoisotopic (exact) mass is 446 g/mol. The first-order chi connectivity index (χ1) is 15.5. The van der Waals surface area contributed by atoms with E-state index < -0.39 is 10.0 Å². The maximum atomic E-state index is 13.0. The fraction of sp³-hybridized carbons (Fsp3) is 0.231. The number of ether oxygens (including phenoxy) is 1. The van der Waals surface area contributed by atoms with Gasteiger partial charge < -0.3 is 10.1 Å². The van der Waals surface area contributed by atoms with Crippen LogP contribution in [0.25, 0.3) is 0 Å². The van der Waals surface area contributed by atoms with Crippen LogP contribution in [0.15, 0.2) is 89.8 Å². The lowest BCUT2D eigenvalue weighted by molar-refractivity contribution is 0.340. The van der Waals surface area contributed by atoms with Gasteiger partial charge in [-0.05, 0) is 72.9 Å². The van der Waals surface area contributed by atoms with Gasteiger partial charge in [0.1, 0.15) is 5.75 Å². The third-order valence-electron chi connectivity index (χ3n) is 6.22. The average molecular weight is 447 g/mol. The van der Waals surface area contributed by atoms with Crippen LogP contribution < -0.4 is 14.8 Å². The van der Waals surface area contributed by atoms with Crippen LogP contribution >= 0.6 is 0 Å². The summed E-state index contributed by atoms with van der Waals surface area (Å²) < 4.78 is 34.2. The van der Waals surface area contributed by atoms with E-state index in [-0.39, 0.29) is 16.9 Å². The lowest BCUT2D eigenvalue weighted by Crippen LogP contribution is -2.29. The highest BCUT2D eigenvalue weighted by atomic mass is 32.2. The van der Waals surface area contributed by atoms with E-state index in [1.54, 1.807) is 18.2 Å². The zero-order chi connectivity index (χ0) is 22.1. The van der Waals surface area contributed by atoms with Crippen molar-refractivity contribution in [2.24, 2.45) is 5.92 Å². The van der Waals surface area contributed by atoms with E-state index in [4.69, 9.17) is 4.74 Å². The summed E-state index contributed by atoms with van der Waals surface area (Å²) >= 11 is 0. The minimum Gasteiger partial charge on any atom is -0.494 e. The fourth-order valence-corrected chi connectivity index (χ4v) is 5.82. The van der Waals surface area contributed by atoms with Crippen LogP contribution in [0, 0.1) is 5.92 Å². The topological polar surface area (TPSA) is 67.4 Å². The first-order valence-corrected chi connectivity index (χ1v) is 12.4. The highest BCUT2D eigenvalue weighted by molar-refractivity contribution is 7.92. The molecule has 0 saturated carbocycles. The molecule has 1 aliphatic heterocycles. The summed E-state index contributed by atoms with van der Waals surface area (Å²) in [5.74, 6) is 1.38. The third-order valence-corrected chi connectivity index (χ3v) is 7.60. The van der Waals surface area contributed by atoms with Crippen LogP contribution in [-0.2, 0) is 10.0 Å². The maximum Gasteiger partial charge on any atom is 0.261 e. The summed E-state index contributed by atoms with van der Waals surface area (Å²) in [6.07, 6.45) is 5.37. The summed E-state index contributed by atoms with van der Waals surface area (Å²) in [6.45, 7) is 2.62. The van der Waals surface area contributed by atoms with E-state index in [1.807, 2.05) is 49.4 Å². The summed E-state index contributed by atoms with van der Waals surface area (Å²) in [5, 5.41) is 3.67. The number of fused-ring (bicyclic) bond motifs is 3. The fourth-order valence-electron chi connectivity index (χ4n) is 4.73. The SMILES string of the molecule is CCOc1ccc([C@H]2Nc3ccc(S(=O)(=O)Nc4ccccc4)cc3[C@H]3C=CC[C@H]32)cc1. The van der Waals surface area contributed by atoms with Crippen molar-refractivity contribution in [2.45, 2.75) is 30.2 Å². The van der Waals surface area contributed by atoms with Gasteiger partial charge in [0.2, 0.25) is 0 Å². The van der Waals surface area contributed by atoms with E-state index in [0.29, 0.717) is 18.2 Å². The van der Waals surface area contributed by atoms with Crippen LogP contribution in [0.4, 0.5) is 11.4 Å². The van der Waals surface area contributed by atoms with Gasteiger partial charge in [-0.3, -0.25) is 4.72 Å². The highest BCUT2D eigenvalue weighted by Gasteiger charge is 2.38. The number of nitrogens with one attached hydrogen (secondary N) is 2. The molecule has 3 aromatic rings. The minimum absolute atomic E-state index is 0.156. The van der Waals surface area contributed by atoms with Crippen LogP contribution in [0.3, 0.4) is 0 Å². The lowest BCUT2D eigenvalue weighted by atomic mass is 9.77. The number of anilines is 2. The summed E-state index contributed by atoms with van der Waals surface area (Å²) in [5.41, 5.74) is 3.77. The van der Waals surface area contributed by atoms with Crippen molar-refractivity contribution in [1.82, 2.24) is 0 Å². The average Bonchev–Trinajstić information content (AvgIpc) is 3.30. The summed E-state index contributed by atoms with van der Waals surface area (Å²) in [6, 6.07) is 22.8. The highest BCUT2D eigenvalue weighted by Crippen LogP contribution is 2.50. The summed E-state index contributed by atoms with van der Waals surface area (Å²) in [4.78, 5) is 0.278. The number of hydrogen-bond donors (Lipinski definition) is 2. The molecule has 0 bridgehead atoms. The normalized spacial score (nSPS) is 21.3. The molecule has 0 radical (unpaired) electrons. The van der Waals surface area contributed by atoms with Crippen LogP contribution in [0.1, 0.15) is 36.4 Å². The number of sulfonamides is 1. The molecule has 0 saturated heterocycles. The van der Waals surface area contributed by atoms with Crippen LogP contribution in [-0.4, -0.2) is 15.0 Å². The number of benzene rings is 3. The van der Waals surface area contributed by atoms with Gasteiger partial charge in [-0.1, -0.05) is 42.5 Å². The molecule has 5 rings (SSSR count). The molecular formula is C26H26N2O3S. The molecule has 0 unspecified atom stereocenters. The smallest absolute Gasteiger partial charge is 0.261 e. The molecule has 0 amide bonds. The molecule has 6 heteroatoms. The molecule has 2 N–H and O–H groups in total. The van der Waals surface area contributed by atoms with E-state index in [9.17, 15) is 8.42 Å². The number of allylic oxidation sites excluding steroid dienone is 2. The molecule has 0 spiro atoms. The summed E-state index contributed by atoms with van der Waals surface area (Å²) in [7, 11) is -3.67. The van der Waals surface area contributed by atoms with Crippen molar-refractivity contribution in [3.63, 3.8) is 0 Å². The molecule has 3 atom stereocenters. The van der Waals surface area contributed by atoms with Crippen molar-refractivity contribution in [2.75, 3.05) is 16.6 Å². The maximum absolute atomic E-state index is 13.0. The minimum atomic E-state index is -3.67. The number of para-hydroxylation sites is 1. The molecule has 2 aliphatic rings. The molecule has 32 heavy (non-hydrogen) atoms. The third kappa shape index (κ3) is 3.86. The molecule has 5 nitrogen and oxygen atoms in total. The molecule has 3 aromatic carbocycles. The second-order valence-corrected chi connectivity index (χ2v) is 9.88. The Kier molecular flexibility index (Phi) is 5.39. The number of hydrogen-bond acceptors (Lipinski definition) is 4. The van der Waals surface area contributed by atoms with E-state index in [0.717, 1.165) is 23.4 Å². The Morgan fingerprint density at radius 2 is 1.81 bits per heavy atom. The van der Waals surface area contributed by atoms with Gasteiger partial charge in [-0.15, -0.1) is 0 Å². The first kappa shape index (κ1) is 20.6. The van der Waals surface area contributed by atoms with Gasteiger partial charge in [0.15, 0.2) is 0 Å².